The van der Waals surface area contributed by atoms with Gasteiger partial charge in [0.2, 0.25) is 11.8 Å². The van der Waals surface area contributed by atoms with Crippen LogP contribution in [0.4, 0.5) is 10.6 Å². The monoisotopic (exact) mass is 434 g/mol. The molecule has 0 bridgehead atoms. The van der Waals surface area contributed by atoms with Gasteiger partial charge in [-0.3, -0.25) is 9.69 Å². The van der Waals surface area contributed by atoms with Gasteiger partial charge >= 0.3 is 6.09 Å². The number of fused-ring (bicyclic) bond motifs is 1. The molecule has 0 aromatic carbocycles. The Kier molecular flexibility index (Phi) is 7.38. The average molecular weight is 435 g/mol. The predicted molar refractivity (Wildman–Crippen MR) is 116 cm³/mol. The molecule has 2 amide bonds. The highest BCUT2D eigenvalue weighted by molar-refractivity contribution is 5.95. The molecule has 0 spiro atoms. The zero-order valence-corrected chi connectivity index (χ0v) is 18.8. The fourth-order valence-corrected chi connectivity index (χ4v) is 4.09. The standard InChI is InChI=1S/C22H34N4O5/c1-22(2,3)31-21(29)24-15-9-10-23-16(11-15)12-17(27)13-26-19(28)8-6-14-5-7-18(30-4)25-20(14)26/h5,7,15-17,23,27H,6,8-13H2,1-4H3,(H,24,29). The minimum atomic E-state index is -0.722. The van der Waals surface area contributed by atoms with Crippen LogP contribution in [0.1, 0.15) is 52.0 Å². The normalized spacial score (nSPS) is 22.5. The van der Waals surface area contributed by atoms with Crippen molar-refractivity contribution >= 4 is 17.8 Å². The summed E-state index contributed by atoms with van der Waals surface area (Å²) in [6.07, 6.45) is 1.85. The Balaban J connectivity index is 1.56. The number of aromatic nitrogens is 1. The molecule has 3 N–H and O–H groups in total. The number of pyridine rings is 1. The summed E-state index contributed by atoms with van der Waals surface area (Å²) in [7, 11) is 1.54. The Hall–Kier alpha value is -2.39. The second-order valence-electron chi connectivity index (χ2n) is 9.25. The van der Waals surface area contributed by atoms with Crippen LogP contribution in [0.15, 0.2) is 12.1 Å². The van der Waals surface area contributed by atoms with Gasteiger partial charge in [0.15, 0.2) is 0 Å². The number of carbonyl (C=O) groups is 2. The van der Waals surface area contributed by atoms with E-state index in [4.69, 9.17) is 9.47 Å². The average Bonchev–Trinajstić information content (AvgIpc) is 2.68. The van der Waals surface area contributed by atoms with Crippen LogP contribution in [0.25, 0.3) is 0 Å². The van der Waals surface area contributed by atoms with Crippen LogP contribution >= 0.6 is 0 Å². The lowest BCUT2D eigenvalue weighted by atomic mass is 9.94. The van der Waals surface area contributed by atoms with E-state index < -0.39 is 17.8 Å². The number of β-amino-alcohol motifs (C(OH)–C–C–N with tert-alkyl or cyclic N) is 1. The second kappa shape index (κ2) is 9.82. The molecular weight excluding hydrogens is 400 g/mol. The number of aliphatic hydroxyl groups excluding tert-OH is 1. The molecule has 1 fully saturated rings. The fourth-order valence-electron chi connectivity index (χ4n) is 4.09. The molecule has 0 aliphatic carbocycles. The largest absolute Gasteiger partial charge is 0.481 e. The molecule has 0 saturated carbocycles. The first kappa shape index (κ1) is 23.3. The molecule has 172 valence electrons. The maximum Gasteiger partial charge on any atom is 0.407 e. The number of rotatable bonds is 6. The number of anilines is 1. The lowest BCUT2D eigenvalue weighted by Crippen LogP contribution is -2.50. The van der Waals surface area contributed by atoms with Crippen molar-refractivity contribution in [1.29, 1.82) is 0 Å². The number of hydrogen-bond acceptors (Lipinski definition) is 7. The summed E-state index contributed by atoms with van der Waals surface area (Å²) < 4.78 is 10.5. The van der Waals surface area contributed by atoms with Gasteiger partial charge in [-0.25, -0.2) is 4.79 Å². The van der Waals surface area contributed by atoms with Gasteiger partial charge in [-0.2, -0.15) is 4.98 Å². The van der Waals surface area contributed by atoms with Gasteiger partial charge in [-0.05, 0) is 64.6 Å². The second-order valence-corrected chi connectivity index (χ2v) is 9.25. The van der Waals surface area contributed by atoms with Crippen molar-refractivity contribution in [2.75, 3.05) is 25.1 Å². The number of methoxy groups -OCH3 is 1. The van der Waals surface area contributed by atoms with Gasteiger partial charge < -0.3 is 25.2 Å². The number of amides is 2. The summed E-state index contributed by atoms with van der Waals surface area (Å²) in [5, 5.41) is 17.1. The van der Waals surface area contributed by atoms with Crippen molar-refractivity contribution in [3.05, 3.63) is 17.7 Å². The molecule has 9 heteroatoms. The first-order chi connectivity index (χ1) is 14.6. The smallest absolute Gasteiger partial charge is 0.407 e. The van der Waals surface area contributed by atoms with Crippen LogP contribution in [0.3, 0.4) is 0 Å². The van der Waals surface area contributed by atoms with Crippen molar-refractivity contribution in [1.82, 2.24) is 15.6 Å². The number of nitrogens with one attached hydrogen (secondary N) is 2. The van der Waals surface area contributed by atoms with Crippen molar-refractivity contribution in [3.8, 4) is 5.88 Å². The number of ether oxygens (including phenoxy) is 2. The van der Waals surface area contributed by atoms with Crippen LogP contribution in [0.2, 0.25) is 0 Å². The lowest BCUT2D eigenvalue weighted by Gasteiger charge is -2.34. The van der Waals surface area contributed by atoms with Gasteiger partial charge in [-0.1, -0.05) is 0 Å². The SMILES string of the molecule is COc1ccc2c(n1)N(CC(O)CC1CC(NC(=O)OC(C)(C)C)CCN1)C(=O)CC2. The third kappa shape index (κ3) is 6.54. The number of aryl methyl sites for hydroxylation is 1. The van der Waals surface area contributed by atoms with Crippen LogP contribution in [0.5, 0.6) is 5.88 Å². The topological polar surface area (TPSA) is 113 Å². The van der Waals surface area contributed by atoms with E-state index in [1.54, 1.807) is 11.0 Å². The van der Waals surface area contributed by atoms with E-state index in [1.807, 2.05) is 26.8 Å². The highest BCUT2D eigenvalue weighted by atomic mass is 16.6. The molecule has 2 aliphatic rings. The molecule has 31 heavy (non-hydrogen) atoms. The van der Waals surface area contributed by atoms with E-state index in [-0.39, 0.29) is 24.5 Å². The van der Waals surface area contributed by atoms with Gasteiger partial charge in [0.25, 0.3) is 0 Å². The Morgan fingerprint density at radius 3 is 2.87 bits per heavy atom. The van der Waals surface area contributed by atoms with Crippen LogP contribution in [0, 0.1) is 0 Å². The van der Waals surface area contributed by atoms with E-state index in [9.17, 15) is 14.7 Å². The summed E-state index contributed by atoms with van der Waals surface area (Å²) in [4.78, 5) is 30.6. The lowest BCUT2D eigenvalue weighted by molar-refractivity contribution is -0.119. The molecule has 1 aromatic rings. The van der Waals surface area contributed by atoms with Crippen LogP contribution < -0.4 is 20.3 Å². The minimum Gasteiger partial charge on any atom is -0.481 e. The van der Waals surface area contributed by atoms with Crippen molar-refractivity contribution in [2.24, 2.45) is 0 Å². The zero-order chi connectivity index (χ0) is 22.6. The quantitative estimate of drug-likeness (QED) is 0.625. The highest BCUT2D eigenvalue weighted by Crippen LogP contribution is 2.28. The summed E-state index contributed by atoms with van der Waals surface area (Å²) >= 11 is 0. The minimum absolute atomic E-state index is 0.0171. The van der Waals surface area contributed by atoms with Crippen molar-refractivity contribution < 1.29 is 24.2 Å². The van der Waals surface area contributed by atoms with Gasteiger partial charge in [0, 0.05) is 24.6 Å². The Bertz CT molecular complexity index is 795. The molecule has 3 heterocycles. The van der Waals surface area contributed by atoms with Crippen molar-refractivity contribution in [2.45, 2.75) is 76.7 Å². The molecule has 1 aromatic heterocycles. The fraction of sp³-hybridized carbons (Fsp3) is 0.682. The molecule has 3 atom stereocenters. The number of nitrogens with zero attached hydrogens (tertiary/aromatic N) is 2. The number of alkyl carbamates (subject to hydrolysis) is 1. The molecule has 3 unspecified atom stereocenters. The maximum absolute atomic E-state index is 12.5. The van der Waals surface area contributed by atoms with E-state index in [0.29, 0.717) is 37.4 Å². The zero-order valence-electron chi connectivity index (χ0n) is 18.8. The van der Waals surface area contributed by atoms with E-state index in [0.717, 1.165) is 18.5 Å². The van der Waals surface area contributed by atoms with Gasteiger partial charge in [0.1, 0.15) is 11.4 Å². The Morgan fingerprint density at radius 2 is 2.16 bits per heavy atom. The summed E-state index contributed by atoms with van der Waals surface area (Å²) in [5.41, 5.74) is 0.436. The third-order valence-corrected chi connectivity index (χ3v) is 5.47. The molecule has 3 rings (SSSR count). The molecular formula is C22H34N4O5. The van der Waals surface area contributed by atoms with Crippen LogP contribution in [-0.4, -0.2) is 66.1 Å². The van der Waals surface area contributed by atoms with Gasteiger partial charge in [-0.15, -0.1) is 0 Å². The first-order valence-corrected chi connectivity index (χ1v) is 10.9. The molecule has 2 aliphatic heterocycles. The highest BCUT2D eigenvalue weighted by Gasteiger charge is 2.30. The van der Waals surface area contributed by atoms with E-state index in [1.165, 1.54) is 7.11 Å². The van der Waals surface area contributed by atoms with E-state index >= 15 is 0 Å². The molecule has 1 saturated heterocycles. The third-order valence-electron chi connectivity index (χ3n) is 5.47. The maximum atomic E-state index is 12.5. The summed E-state index contributed by atoms with van der Waals surface area (Å²) in [6.45, 7) is 6.41. The molecule has 9 nitrogen and oxygen atoms in total. The predicted octanol–water partition coefficient (Wildman–Crippen LogP) is 1.77. The molecule has 0 radical (unpaired) electrons. The van der Waals surface area contributed by atoms with E-state index in [2.05, 4.69) is 15.6 Å². The number of carbonyl (C=O) groups excluding carboxylic acids is 2. The van der Waals surface area contributed by atoms with Crippen LogP contribution in [-0.2, 0) is 16.0 Å². The number of hydrogen-bond donors (Lipinski definition) is 3. The number of piperidine rings is 1. The number of aliphatic hydroxyl groups is 1. The Labute approximate surface area is 183 Å². The summed E-state index contributed by atoms with van der Waals surface area (Å²) in [6, 6.07) is 3.72. The Morgan fingerprint density at radius 1 is 1.39 bits per heavy atom. The summed E-state index contributed by atoms with van der Waals surface area (Å²) in [5.74, 6) is 0.960. The van der Waals surface area contributed by atoms with Gasteiger partial charge in [0.05, 0.1) is 19.8 Å². The first-order valence-electron chi connectivity index (χ1n) is 10.9. The van der Waals surface area contributed by atoms with Crippen molar-refractivity contribution in [3.63, 3.8) is 0 Å².